The molecule has 122 valence electrons. The minimum absolute atomic E-state index is 0.288. The van der Waals surface area contributed by atoms with Gasteiger partial charge in [-0.2, -0.15) is 0 Å². The molecule has 0 bridgehead atoms. The molecule has 22 heavy (non-hydrogen) atoms. The number of nitrogens with one attached hydrogen (secondary N) is 1. The molecule has 1 N–H and O–H groups in total. The molecule has 0 fully saturated rings. The number of carbonyl (C=O) groups is 1. The zero-order chi connectivity index (χ0) is 16.0. The molecular formula is C14H24N6O2. The van der Waals surface area contributed by atoms with Gasteiger partial charge in [-0.15, -0.1) is 5.10 Å². The van der Waals surface area contributed by atoms with E-state index in [1.54, 1.807) is 15.8 Å². The second-order valence-corrected chi connectivity index (χ2v) is 6.18. The van der Waals surface area contributed by atoms with Gasteiger partial charge in [0.15, 0.2) is 0 Å². The van der Waals surface area contributed by atoms with E-state index < -0.39 is 5.60 Å². The molecule has 1 aliphatic heterocycles. The molecule has 0 aromatic carbocycles. The van der Waals surface area contributed by atoms with Crippen molar-refractivity contribution in [1.29, 1.82) is 0 Å². The van der Waals surface area contributed by atoms with Crippen LogP contribution in [-0.2, 0) is 11.3 Å². The van der Waals surface area contributed by atoms with Crippen LogP contribution in [0.15, 0.2) is 17.4 Å². The standard InChI is InChI=1S/C14H24N6O2/c1-14(2,3)22-13(21)19-9-6-16-12(11-19)15-5-4-8-20-10-7-17-18-20/h7,10H,4-6,8-9,11H2,1-3H3,(H,15,16). The first-order valence-corrected chi connectivity index (χ1v) is 7.53. The summed E-state index contributed by atoms with van der Waals surface area (Å²) in [7, 11) is 0. The topological polar surface area (TPSA) is 84.6 Å². The van der Waals surface area contributed by atoms with Crippen molar-refractivity contribution in [2.75, 3.05) is 26.2 Å². The van der Waals surface area contributed by atoms with Gasteiger partial charge in [0.1, 0.15) is 11.4 Å². The summed E-state index contributed by atoms with van der Waals surface area (Å²) in [6, 6.07) is 0. The van der Waals surface area contributed by atoms with Crippen molar-refractivity contribution in [1.82, 2.24) is 25.2 Å². The summed E-state index contributed by atoms with van der Waals surface area (Å²) in [5.41, 5.74) is -0.475. The lowest BCUT2D eigenvalue weighted by Gasteiger charge is -2.29. The molecule has 0 radical (unpaired) electrons. The molecule has 1 aromatic heterocycles. The van der Waals surface area contributed by atoms with Gasteiger partial charge in [-0.05, 0) is 27.2 Å². The van der Waals surface area contributed by atoms with Gasteiger partial charge in [0, 0.05) is 25.8 Å². The quantitative estimate of drug-likeness (QED) is 0.836. The average molecular weight is 308 g/mol. The van der Waals surface area contributed by atoms with Crippen LogP contribution >= 0.6 is 0 Å². The summed E-state index contributed by atoms with van der Waals surface area (Å²) in [5, 5.41) is 10.9. The highest BCUT2D eigenvalue weighted by atomic mass is 16.6. The lowest BCUT2D eigenvalue weighted by Crippen LogP contribution is -2.47. The van der Waals surface area contributed by atoms with Crippen molar-refractivity contribution < 1.29 is 9.53 Å². The highest BCUT2D eigenvalue weighted by molar-refractivity contribution is 5.87. The Kier molecular flexibility index (Phi) is 5.35. The average Bonchev–Trinajstić information content (AvgIpc) is 2.95. The van der Waals surface area contributed by atoms with Crippen LogP contribution in [0.5, 0.6) is 0 Å². The summed E-state index contributed by atoms with van der Waals surface area (Å²) < 4.78 is 7.17. The van der Waals surface area contributed by atoms with Gasteiger partial charge in [0.25, 0.3) is 0 Å². The Morgan fingerprint density at radius 2 is 2.27 bits per heavy atom. The van der Waals surface area contributed by atoms with Crippen LogP contribution < -0.4 is 5.32 Å². The number of aliphatic imine (C=N–C) groups is 1. The molecule has 1 amide bonds. The summed E-state index contributed by atoms with van der Waals surface area (Å²) in [4.78, 5) is 18.1. The smallest absolute Gasteiger partial charge is 0.410 e. The van der Waals surface area contributed by atoms with Crippen LogP contribution in [0.2, 0.25) is 0 Å². The molecule has 0 unspecified atom stereocenters. The predicted molar refractivity (Wildman–Crippen MR) is 82.8 cm³/mol. The van der Waals surface area contributed by atoms with E-state index in [-0.39, 0.29) is 6.09 Å². The van der Waals surface area contributed by atoms with Crippen molar-refractivity contribution >= 4 is 11.9 Å². The van der Waals surface area contributed by atoms with E-state index in [1.165, 1.54) is 0 Å². The third kappa shape index (κ3) is 5.34. The molecule has 8 heteroatoms. The van der Waals surface area contributed by atoms with Crippen LogP contribution in [0.4, 0.5) is 4.79 Å². The van der Waals surface area contributed by atoms with E-state index in [2.05, 4.69) is 20.6 Å². The van der Waals surface area contributed by atoms with Gasteiger partial charge in [-0.25, -0.2) is 4.79 Å². The normalized spacial score (nSPS) is 15.4. The number of ether oxygens (including phenoxy) is 1. The number of aromatic nitrogens is 3. The first-order valence-electron chi connectivity index (χ1n) is 7.53. The van der Waals surface area contributed by atoms with E-state index in [0.29, 0.717) is 19.6 Å². The van der Waals surface area contributed by atoms with Crippen LogP contribution in [-0.4, -0.2) is 63.6 Å². The minimum atomic E-state index is -0.475. The summed E-state index contributed by atoms with van der Waals surface area (Å²) in [6.07, 6.45) is 4.12. The zero-order valence-electron chi connectivity index (χ0n) is 13.4. The first kappa shape index (κ1) is 16.3. The number of nitrogens with zero attached hydrogens (tertiary/aromatic N) is 5. The fourth-order valence-corrected chi connectivity index (χ4v) is 2.04. The zero-order valence-corrected chi connectivity index (χ0v) is 13.4. The van der Waals surface area contributed by atoms with Gasteiger partial charge >= 0.3 is 6.09 Å². The van der Waals surface area contributed by atoms with Crippen LogP contribution in [0.25, 0.3) is 0 Å². The third-order valence-electron chi connectivity index (χ3n) is 3.03. The summed E-state index contributed by atoms with van der Waals surface area (Å²) >= 11 is 0. The maximum atomic E-state index is 12.0. The van der Waals surface area contributed by atoms with Gasteiger partial charge in [-0.3, -0.25) is 14.6 Å². The second kappa shape index (κ2) is 7.24. The highest BCUT2D eigenvalue weighted by Crippen LogP contribution is 2.10. The Morgan fingerprint density at radius 1 is 1.45 bits per heavy atom. The lowest BCUT2D eigenvalue weighted by molar-refractivity contribution is 0.0276. The number of amidine groups is 1. The second-order valence-electron chi connectivity index (χ2n) is 6.18. The number of hydrogen-bond donors (Lipinski definition) is 1. The summed E-state index contributed by atoms with van der Waals surface area (Å²) in [5.74, 6) is 0.829. The molecule has 0 aliphatic carbocycles. The van der Waals surface area contributed by atoms with Gasteiger partial charge in [-0.1, -0.05) is 5.21 Å². The lowest BCUT2D eigenvalue weighted by atomic mass is 10.2. The molecule has 0 atom stereocenters. The van der Waals surface area contributed by atoms with Crippen LogP contribution in [0.3, 0.4) is 0 Å². The Hall–Kier alpha value is -2.12. The molecule has 0 saturated carbocycles. The van der Waals surface area contributed by atoms with Crippen molar-refractivity contribution in [3.8, 4) is 0 Å². The Morgan fingerprint density at radius 3 is 2.95 bits per heavy atom. The molecule has 1 aromatic rings. The highest BCUT2D eigenvalue weighted by Gasteiger charge is 2.24. The Bertz CT molecular complexity index is 506. The number of carbonyl (C=O) groups excluding carboxylic acids is 1. The SMILES string of the molecule is CC(C)(C)OC(=O)N1CCN=C(NCCCn2ccnn2)C1. The number of hydrogen-bond acceptors (Lipinski definition) is 6. The van der Waals surface area contributed by atoms with Gasteiger partial charge in [0.2, 0.25) is 0 Å². The summed E-state index contributed by atoms with van der Waals surface area (Å²) in [6.45, 7) is 8.85. The van der Waals surface area contributed by atoms with E-state index >= 15 is 0 Å². The maximum absolute atomic E-state index is 12.0. The van der Waals surface area contributed by atoms with E-state index in [1.807, 2.05) is 27.0 Å². The van der Waals surface area contributed by atoms with Crippen LogP contribution in [0, 0.1) is 0 Å². The number of rotatable bonds is 4. The largest absolute Gasteiger partial charge is 0.444 e. The minimum Gasteiger partial charge on any atom is -0.444 e. The molecule has 2 heterocycles. The number of aryl methyl sites for hydroxylation is 1. The first-order chi connectivity index (χ1) is 10.4. The molecule has 1 aliphatic rings. The Balaban J connectivity index is 1.71. The monoisotopic (exact) mass is 308 g/mol. The van der Waals surface area contributed by atoms with Crippen LogP contribution in [0.1, 0.15) is 27.2 Å². The fourth-order valence-electron chi connectivity index (χ4n) is 2.04. The van der Waals surface area contributed by atoms with Gasteiger partial charge in [0.05, 0.1) is 19.3 Å². The van der Waals surface area contributed by atoms with Crippen molar-refractivity contribution in [3.63, 3.8) is 0 Å². The molecular weight excluding hydrogens is 284 g/mol. The van der Waals surface area contributed by atoms with Crippen molar-refractivity contribution in [2.45, 2.75) is 39.3 Å². The Labute approximate surface area is 130 Å². The fraction of sp³-hybridized carbons (Fsp3) is 0.714. The molecule has 0 spiro atoms. The molecule has 0 saturated heterocycles. The maximum Gasteiger partial charge on any atom is 0.410 e. The molecule has 2 rings (SSSR count). The predicted octanol–water partition coefficient (Wildman–Crippen LogP) is 0.907. The number of amides is 1. The van der Waals surface area contributed by atoms with E-state index in [0.717, 1.165) is 25.3 Å². The van der Waals surface area contributed by atoms with E-state index in [9.17, 15) is 4.79 Å². The van der Waals surface area contributed by atoms with Gasteiger partial charge < -0.3 is 10.1 Å². The molecule has 8 nitrogen and oxygen atoms in total. The van der Waals surface area contributed by atoms with E-state index in [4.69, 9.17) is 4.74 Å². The van der Waals surface area contributed by atoms with Crippen molar-refractivity contribution in [3.05, 3.63) is 12.4 Å². The third-order valence-corrected chi connectivity index (χ3v) is 3.03. The van der Waals surface area contributed by atoms with Crippen molar-refractivity contribution in [2.24, 2.45) is 4.99 Å².